The molecule has 0 aliphatic heterocycles. The molecule has 0 fully saturated rings. The molecule has 0 saturated heterocycles. The van der Waals surface area contributed by atoms with Gasteiger partial charge in [-0.1, -0.05) is 35.9 Å². The zero-order chi connectivity index (χ0) is 16.2. The van der Waals surface area contributed by atoms with Crippen molar-refractivity contribution in [3.8, 4) is 5.69 Å². The first kappa shape index (κ1) is 14.9. The highest BCUT2D eigenvalue weighted by molar-refractivity contribution is 5.97. The summed E-state index contributed by atoms with van der Waals surface area (Å²) in [6.07, 6.45) is 1.47. The fourth-order valence-corrected chi connectivity index (χ4v) is 2.45. The Morgan fingerprint density at radius 3 is 2.74 bits per heavy atom. The normalized spacial score (nSPS) is 10.5. The number of benzene rings is 2. The van der Waals surface area contributed by atoms with Gasteiger partial charge < -0.3 is 5.32 Å². The molecule has 6 heteroatoms. The second-order valence-corrected chi connectivity index (χ2v) is 5.38. The summed E-state index contributed by atoms with van der Waals surface area (Å²) in [5.41, 5.74) is 4.66. The van der Waals surface area contributed by atoms with Gasteiger partial charge in [0, 0.05) is 6.54 Å². The molecule has 1 amide bonds. The number of aryl methyl sites for hydroxylation is 2. The number of tetrazole rings is 1. The molecule has 3 rings (SSSR count). The number of carbonyl (C=O) groups is 1. The SMILES string of the molecule is Cc1ccc(CNC(=O)c2ccccc2-n2cnnn2)c(C)c1. The van der Waals surface area contributed by atoms with Gasteiger partial charge >= 0.3 is 0 Å². The molecule has 116 valence electrons. The number of amides is 1. The lowest BCUT2D eigenvalue weighted by Crippen LogP contribution is -2.24. The zero-order valence-corrected chi connectivity index (χ0v) is 13.0. The van der Waals surface area contributed by atoms with Gasteiger partial charge in [-0.15, -0.1) is 5.10 Å². The van der Waals surface area contributed by atoms with E-state index in [1.165, 1.54) is 22.1 Å². The second-order valence-electron chi connectivity index (χ2n) is 5.38. The number of rotatable bonds is 4. The van der Waals surface area contributed by atoms with Crippen LogP contribution in [0.5, 0.6) is 0 Å². The van der Waals surface area contributed by atoms with Crippen LogP contribution in [0, 0.1) is 13.8 Å². The van der Waals surface area contributed by atoms with Gasteiger partial charge in [0.15, 0.2) is 0 Å². The Morgan fingerprint density at radius 1 is 1.17 bits per heavy atom. The van der Waals surface area contributed by atoms with Crippen molar-refractivity contribution in [2.75, 3.05) is 0 Å². The summed E-state index contributed by atoms with van der Waals surface area (Å²) in [4.78, 5) is 12.5. The Bertz CT molecular complexity index is 827. The number of nitrogens with zero attached hydrogens (tertiary/aromatic N) is 4. The maximum absolute atomic E-state index is 12.5. The molecule has 6 nitrogen and oxygen atoms in total. The van der Waals surface area contributed by atoms with Gasteiger partial charge in [-0.25, -0.2) is 0 Å². The largest absolute Gasteiger partial charge is 0.348 e. The summed E-state index contributed by atoms with van der Waals surface area (Å²) in [7, 11) is 0. The predicted octanol–water partition coefficient (Wildman–Crippen LogP) is 2.21. The maximum Gasteiger partial charge on any atom is 0.253 e. The first-order valence-electron chi connectivity index (χ1n) is 7.32. The van der Waals surface area contributed by atoms with Gasteiger partial charge in [-0.3, -0.25) is 4.79 Å². The van der Waals surface area contributed by atoms with E-state index in [1.807, 2.05) is 37.3 Å². The van der Waals surface area contributed by atoms with Gasteiger partial charge in [-0.2, -0.15) is 4.68 Å². The van der Waals surface area contributed by atoms with E-state index in [0.717, 1.165) is 5.56 Å². The van der Waals surface area contributed by atoms with Crippen LogP contribution in [0.25, 0.3) is 5.69 Å². The highest BCUT2D eigenvalue weighted by Gasteiger charge is 2.13. The second kappa shape index (κ2) is 6.39. The first-order chi connectivity index (χ1) is 11.1. The van der Waals surface area contributed by atoms with Crippen LogP contribution < -0.4 is 5.32 Å². The molecule has 0 bridgehead atoms. The van der Waals surface area contributed by atoms with Crippen LogP contribution in [-0.2, 0) is 6.54 Å². The number of hydrogen-bond acceptors (Lipinski definition) is 4. The molecule has 0 aliphatic rings. The number of hydrogen-bond donors (Lipinski definition) is 1. The highest BCUT2D eigenvalue weighted by Crippen LogP contribution is 2.14. The standard InChI is InChI=1S/C17H17N5O/c1-12-7-8-14(13(2)9-12)10-18-17(23)15-5-3-4-6-16(15)22-11-19-20-21-22/h3-9,11H,10H2,1-2H3,(H,18,23). The number of carbonyl (C=O) groups excluding carboxylic acids is 1. The Morgan fingerprint density at radius 2 is 2.00 bits per heavy atom. The molecule has 0 unspecified atom stereocenters. The Hall–Kier alpha value is -3.02. The van der Waals surface area contributed by atoms with Crippen LogP contribution in [0.2, 0.25) is 0 Å². The summed E-state index contributed by atoms with van der Waals surface area (Å²) < 4.78 is 1.48. The van der Waals surface area contributed by atoms with Crippen LogP contribution in [-0.4, -0.2) is 26.1 Å². The minimum Gasteiger partial charge on any atom is -0.348 e. The molecule has 0 saturated carbocycles. The van der Waals surface area contributed by atoms with Crippen molar-refractivity contribution in [1.29, 1.82) is 0 Å². The molecule has 0 aliphatic carbocycles. The van der Waals surface area contributed by atoms with Crippen LogP contribution in [0.4, 0.5) is 0 Å². The van der Waals surface area contributed by atoms with E-state index in [9.17, 15) is 4.79 Å². The third-order valence-electron chi connectivity index (χ3n) is 3.68. The van der Waals surface area contributed by atoms with Gasteiger partial charge in [0.1, 0.15) is 6.33 Å². The summed E-state index contributed by atoms with van der Waals surface area (Å²) in [6.45, 7) is 4.58. The van der Waals surface area contributed by atoms with Gasteiger partial charge in [-0.05, 0) is 47.5 Å². The molecule has 0 radical (unpaired) electrons. The number of nitrogens with one attached hydrogen (secondary N) is 1. The first-order valence-corrected chi connectivity index (χ1v) is 7.32. The van der Waals surface area contributed by atoms with Crippen LogP contribution in [0.1, 0.15) is 27.0 Å². The third kappa shape index (κ3) is 3.26. The van der Waals surface area contributed by atoms with Crippen LogP contribution in [0.15, 0.2) is 48.8 Å². The predicted molar refractivity (Wildman–Crippen MR) is 86.2 cm³/mol. The lowest BCUT2D eigenvalue weighted by molar-refractivity contribution is 0.0950. The van der Waals surface area contributed by atoms with E-state index in [4.69, 9.17) is 0 Å². The molecular weight excluding hydrogens is 290 g/mol. The van der Waals surface area contributed by atoms with Crippen molar-refractivity contribution in [2.45, 2.75) is 20.4 Å². The average Bonchev–Trinajstić information content (AvgIpc) is 3.08. The molecular formula is C17H17N5O. The van der Waals surface area contributed by atoms with Gasteiger partial charge in [0.2, 0.25) is 0 Å². The summed E-state index contributed by atoms with van der Waals surface area (Å²) >= 11 is 0. The molecule has 0 atom stereocenters. The van der Waals surface area contributed by atoms with Gasteiger partial charge in [0.25, 0.3) is 5.91 Å². The average molecular weight is 307 g/mol. The topological polar surface area (TPSA) is 72.7 Å². The molecule has 3 aromatic rings. The third-order valence-corrected chi connectivity index (χ3v) is 3.68. The van der Waals surface area contributed by atoms with Crippen LogP contribution in [0.3, 0.4) is 0 Å². The molecule has 1 heterocycles. The van der Waals surface area contributed by atoms with Crippen molar-refractivity contribution >= 4 is 5.91 Å². The minimum absolute atomic E-state index is 0.156. The van der Waals surface area contributed by atoms with Crippen molar-refractivity contribution in [2.24, 2.45) is 0 Å². The van der Waals surface area contributed by atoms with Crippen molar-refractivity contribution in [3.63, 3.8) is 0 Å². The lowest BCUT2D eigenvalue weighted by Gasteiger charge is -2.11. The summed E-state index contributed by atoms with van der Waals surface area (Å²) in [5.74, 6) is -0.156. The van der Waals surface area contributed by atoms with Crippen LogP contribution >= 0.6 is 0 Å². The summed E-state index contributed by atoms with van der Waals surface area (Å²) in [6, 6.07) is 13.4. The molecule has 1 N–H and O–H groups in total. The molecule has 23 heavy (non-hydrogen) atoms. The van der Waals surface area contributed by atoms with Crippen molar-refractivity contribution < 1.29 is 4.79 Å². The Balaban J connectivity index is 1.79. The van der Waals surface area contributed by atoms with E-state index in [1.54, 1.807) is 6.07 Å². The minimum atomic E-state index is -0.156. The monoisotopic (exact) mass is 307 g/mol. The van der Waals surface area contributed by atoms with E-state index >= 15 is 0 Å². The number of aromatic nitrogens is 4. The molecule has 1 aromatic heterocycles. The Labute approximate surface area is 134 Å². The zero-order valence-electron chi connectivity index (χ0n) is 13.0. The van der Waals surface area contributed by atoms with E-state index in [0.29, 0.717) is 17.8 Å². The van der Waals surface area contributed by atoms with E-state index < -0.39 is 0 Å². The lowest BCUT2D eigenvalue weighted by atomic mass is 10.1. The van der Waals surface area contributed by atoms with Crippen molar-refractivity contribution in [3.05, 3.63) is 71.0 Å². The Kier molecular flexibility index (Phi) is 4.14. The fraction of sp³-hybridized carbons (Fsp3) is 0.176. The smallest absolute Gasteiger partial charge is 0.253 e. The maximum atomic E-state index is 12.5. The van der Waals surface area contributed by atoms with E-state index in [2.05, 4.69) is 33.8 Å². The van der Waals surface area contributed by atoms with Gasteiger partial charge in [0.05, 0.1) is 11.3 Å². The molecule has 2 aromatic carbocycles. The molecule has 0 spiro atoms. The highest BCUT2D eigenvalue weighted by atomic mass is 16.1. The summed E-state index contributed by atoms with van der Waals surface area (Å²) in [5, 5.41) is 14.0. The van der Waals surface area contributed by atoms with E-state index in [-0.39, 0.29) is 5.91 Å². The quantitative estimate of drug-likeness (QED) is 0.802. The van der Waals surface area contributed by atoms with Crippen molar-refractivity contribution in [1.82, 2.24) is 25.5 Å². The number of para-hydroxylation sites is 1. The fourth-order valence-electron chi connectivity index (χ4n) is 2.45.